The van der Waals surface area contributed by atoms with Crippen molar-refractivity contribution in [3.63, 3.8) is 0 Å². The Kier molecular flexibility index (Phi) is 5.36. The molecule has 152 valence electrons. The molecular formula is C22H22Cl2N2O2S. The number of halogens is 2. The first-order chi connectivity index (χ1) is 13.7. The topological polar surface area (TPSA) is 52.6 Å². The molecule has 2 aromatic carbocycles. The van der Waals surface area contributed by atoms with Crippen LogP contribution in [0.5, 0.6) is 0 Å². The maximum Gasteiger partial charge on any atom is 0.344 e. The first-order valence-corrected chi connectivity index (χ1v) is 11.1. The molecule has 4 rings (SSSR count). The lowest BCUT2D eigenvalue weighted by atomic mass is 9.81. The fourth-order valence-corrected chi connectivity index (χ4v) is 6.05. The van der Waals surface area contributed by atoms with E-state index in [1.807, 2.05) is 62.4 Å². The molecular weight excluding hydrogens is 427 g/mol. The number of rotatable bonds is 4. The molecule has 2 N–H and O–H groups in total. The molecule has 0 radical (unpaired) electrons. The fraction of sp³-hybridized carbons (Fsp3) is 0.318. The van der Waals surface area contributed by atoms with Gasteiger partial charge >= 0.3 is 5.97 Å². The van der Waals surface area contributed by atoms with Crippen LogP contribution in [0.25, 0.3) is 0 Å². The van der Waals surface area contributed by atoms with Crippen LogP contribution in [0.1, 0.15) is 37.9 Å². The largest absolute Gasteiger partial charge is 0.477 e. The highest BCUT2D eigenvalue weighted by molar-refractivity contribution is 8.04. The molecule has 2 aliphatic heterocycles. The van der Waals surface area contributed by atoms with Gasteiger partial charge in [-0.1, -0.05) is 73.1 Å². The minimum atomic E-state index is -0.877. The van der Waals surface area contributed by atoms with Crippen molar-refractivity contribution in [3.05, 3.63) is 80.3 Å². The first-order valence-electron chi connectivity index (χ1n) is 9.44. The summed E-state index contributed by atoms with van der Waals surface area (Å²) in [6.07, 6.45) is 0. The maximum absolute atomic E-state index is 11.9. The van der Waals surface area contributed by atoms with Gasteiger partial charge in [0, 0.05) is 15.7 Å². The Morgan fingerprint density at radius 1 is 1.10 bits per heavy atom. The van der Waals surface area contributed by atoms with E-state index in [9.17, 15) is 9.90 Å². The Morgan fingerprint density at radius 2 is 1.66 bits per heavy atom. The van der Waals surface area contributed by atoms with Gasteiger partial charge in [-0.3, -0.25) is 5.32 Å². The Morgan fingerprint density at radius 3 is 2.17 bits per heavy atom. The number of carboxylic acids is 1. The second-order valence-electron chi connectivity index (χ2n) is 7.86. The van der Waals surface area contributed by atoms with Crippen LogP contribution in [0.2, 0.25) is 10.0 Å². The molecule has 2 heterocycles. The third kappa shape index (κ3) is 3.44. The molecule has 2 aliphatic rings. The lowest BCUT2D eigenvalue weighted by Crippen LogP contribution is -2.40. The number of aliphatic carboxylic acids is 1. The summed E-state index contributed by atoms with van der Waals surface area (Å²) in [6.45, 7) is 6.24. The lowest BCUT2D eigenvalue weighted by Gasteiger charge is -2.37. The molecule has 1 saturated heterocycles. The van der Waals surface area contributed by atoms with Crippen molar-refractivity contribution in [2.24, 2.45) is 5.92 Å². The van der Waals surface area contributed by atoms with Gasteiger partial charge in [0.1, 0.15) is 10.4 Å². The van der Waals surface area contributed by atoms with E-state index in [4.69, 9.17) is 23.2 Å². The molecule has 0 saturated carbocycles. The Hall–Kier alpha value is -1.66. The van der Waals surface area contributed by atoms with Gasteiger partial charge in [0.05, 0.1) is 11.6 Å². The van der Waals surface area contributed by atoms with Crippen molar-refractivity contribution in [3.8, 4) is 0 Å². The number of carboxylic acid groups (broad SMARTS) is 1. The number of thioether (sulfide) groups is 1. The van der Waals surface area contributed by atoms with Gasteiger partial charge in [-0.15, -0.1) is 0 Å². The average molecular weight is 449 g/mol. The van der Waals surface area contributed by atoms with Crippen molar-refractivity contribution < 1.29 is 9.90 Å². The minimum absolute atomic E-state index is 0.0720. The quantitative estimate of drug-likeness (QED) is 0.615. The molecule has 3 atom stereocenters. The van der Waals surface area contributed by atoms with E-state index in [0.29, 0.717) is 15.0 Å². The molecule has 0 bridgehead atoms. The smallest absolute Gasteiger partial charge is 0.344 e. The van der Waals surface area contributed by atoms with Gasteiger partial charge in [-0.05, 0) is 48.2 Å². The molecule has 0 spiro atoms. The summed E-state index contributed by atoms with van der Waals surface area (Å²) in [5.41, 5.74) is 2.42. The summed E-state index contributed by atoms with van der Waals surface area (Å²) in [6, 6.07) is 15.5. The highest BCUT2D eigenvalue weighted by Crippen LogP contribution is 2.56. The number of carbonyl (C=O) groups is 1. The van der Waals surface area contributed by atoms with E-state index in [-0.39, 0.29) is 17.5 Å². The van der Waals surface area contributed by atoms with Crippen molar-refractivity contribution in [1.29, 1.82) is 0 Å². The van der Waals surface area contributed by atoms with Gasteiger partial charge in [-0.25, -0.2) is 4.79 Å². The second kappa shape index (κ2) is 7.55. The van der Waals surface area contributed by atoms with Crippen LogP contribution in [0.4, 0.5) is 0 Å². The van der Waals surface area contributed by atoms with Crippen molar-refractivity contribution >= 4 is 40.9 Å². The molecule has 2 aromatic rings. The van der Waals surface area contributed by atoms with Crippen LogP contribution >= 0.6 is 35.0 Å². The van der Waals surface area contributed by atoms with E-state index < -0.39 is 11.5 Å². The van der Waals surface area contributed by atoms with E-state index in [1.165, 1.54) is 11.8 Å². The Bertz CT molecular complexity index is 975. The van der Waals surface area contributed by atoms with Crippen molar-refractivity contribution in [1.82, 2.24) is 10.2 Å². The summed E-state index contributed by atoms with van der Waals surface area (Å²) in [5.74, 6) is -0.805. The molecule has 29 heavy (non-hydrogen) atoms. The average Bonchev–Trinajstić information content (AvgIpc) is 3.16. The van der Waals surface area contributed by atoms with E-state index in [1.54, 1.807) is 0 Å². The monoisotopic (exact) mass is 448 g/mol. The number of nitrogens with one attached hydrogen (secondary N) is 1. The molecule has 1 fully saturated rings. The van der Waals surface area contributed by atoms with Gasteiger partial charge in [0.2, 0.25) is 0 Å². The Labute approximate surface area is 184 Å². The van der Waals surface area contributed by atoms with E-state index in [0.717, 1.165) is 16.8 Å². The number of allylic oxidation sites excluding steroid dienone is 1. The normalized spacial score (nSPS) is 26.3. The van der Waals surface area contributed by atoms with Crippen molar-refractivity contribution in [2.75, 3.05) is 0 Å². The zero-order chi connectivity index (χ0) is 20.9. The number of hydrogen-bond donors (Lipinski definition) is 2. The van der Waals surface area contributed by atoms with Gasteiger partial charge < -0.3 is 10.0 Å². The summed E-state index contributed by atoms with van der Waals surface area (Å²) < 4.78 is 0. The van der Waals surface area contributed by atoms with Crippen LogP contribution in [0.3, 0.4) is 0 Å². The molecule has 0 amide bonds. The molecule has 1 unspecified atom stereocenters. The summed E-state index contributed by atoms with van der Waals surface area (Å²) in [4.78, 5) is 14.6. The number of hydrogen-bond acceptors (Lipinski definition) is 4. The van der Waals surface area contributed by atoms with Crippen LogP contribution in [0, 0.1) is 5.92 Å². The maximum atomic E-state index is 11.9. The van der Waals surface area contributed by atoms with Crippen LogP contribution in [-0.2, 0) is 10.3 Å². The van der Waals surface area contributed by atoms with Crippen LogP contribution in [-0.4, -0.2) is 21.5 Å². The zero-order valence-electron chi connectivity index (χ0n) is 16.3. The summed E-state index contributed by atoms with van der Waals surface area (Å²) >= 11 is 13.6. The Balaban J connectivity index is 1.90. The highest BCUT2D eigenvalue weighted by Gasteiger charge is 2.55. The van der Waals surface area contributed by atoms with Gasteiger partial charge in [0.25, 0.3) is 0 Å². The predicted octanol–water partition coefficient (Wildman–Crippen LogP) is 5.84. The SMILES string of the molecule is CC(C)C1=C(C(=O)O)SC2N[C@@](C)(c3ccc(Cl)cc3)[C@@H](c3ccc(Cl)cc3)N12. The molecule has 0 aromatic heterocycles. The number of fused-ring (bicyclic) bond motifs is 1. The van der Waals surface area contributed by atoms with Gasteiger partial charge in [0.15, 0.2) is 0 Å². The third-order valence-electron chi connectivity index (χ3n) is 5.61. The summed E-state index contributed by atoms with van der Waals surface area (Å²) in [7, 11) is 0. The minimum Gasteiger partial charge on any atom is -0.477 e. The fourth-order valence-electron chi connectivity index (χ4n) is 4.36. The predicted molar refractivity (Wildman–Crippen MR) is 119 cm³/mol. The lowest BCUT2D eigenvalue weighted by molar-refractivity contribution is -0.131. The second-order valence-corrected chi connectivity index (χ2v) is 9.82. The first kappa shape index (κ1) is 20.6. The van der Waals surface area contributed by atoms with Crippen molar-refractivity contribution in [2.45, 2.75) is 37.8 Å². The van der Waals surface area contributed by atoms with Gasteiger partial charge in [-0.2, -0.15) is 0 Å². The van der Waals surface area contributed by atoms with E-state index >= 15 is 0 Å². The van der Waals surface area contributed by atoms with Crippen LogP contribution < -0.4 is 5.32 Å². The highest BCUT2D eigenvalue weighted by atomic mass is 35.5. The molecule has 7 heteroatoms. The number of benzene rings is 2. The number of nitrogens with zero attached hydrogens (tertiary/aromatic N) is 1. The molecule has 0 aliphatic carbocycles. The summed E-state index contributed by atoms with van der Waals surface area (Å²) in [5, 5.41) is 14.9. The zero-order valence-corrected chi connectivity index (χ0v) is 18.6. The van der Waals surface area contributed by atoms with E-state index in [2.05, 4.69) is 17.1 Å². The third-order valence-corrected chi connectivity index (χ3v) is 7.30. The standard InChI is InChI=1S/C22H22Cl2N2O2S/c1-12(2)17-18(20(27)28)29-21-25-22(3,14-6-10-16(24)11-7-14)19(26(17)21)13-4-8-15(23)9-5-13/h4-12,19,21,25H,1-3H3,(H,27,28)/t19-,21?,22+/m1/s1. The van der Waals surface area contributed by atoms with Crippen LogP contribution in [0.15, 0.2) is 59.1 Å². The molecule has 4 nitrogen and oxygen atoms in total.